The van der Waals surface area contributed by atoms with E-state index in [4.69, 9.17) is 5.11 Å². The van der Waals surface area contributed by atoms with E-state index in [2.05, 4.69) is 5.32 Å². The normalized spacial score (nSPS) is 17.9. The molecule has 1 rings (SSSR count). The number of aliphatic carboxylic acids is 1. The van der Waals surface area contributed by atoms with Crippen molar-refractivity contribution in [2.24, 2.45) is 5.92 Å². The van der Waals surface area contributed by atoms with E-state index in [0.717, 1.165) is 19.3 Å². The monoisotopic (exact) mass is 258 g/mol. The van der Waals surface area contributed by atoms with Crippen LogP contribution in [-0.2, 0) is 4.79 Å². The molecule has 0 radical (unpaired) electrons. The molecule has 1 saturated carbocycles. The number of carboxylic acids is 1. The van der Waals surface area contributed by atoms with E-state index in [9.17, 15) is 14.7 Å². The molecule has 0 aliphatic heterocycles. The van der Waals surface area contributed by atoms with Crippen molar-refractivity contribution >= 4 is 12.0 Å². The molecule has 104 valence electrons. The molecule has 2 atom stereocenters. The Labute approximate surface area is 107 Å². The molecular weight excluding hydrogens is 236 g/mol. The minimum Gasteiger partial charge on any atom is -0.480 e. The smallest absolute Gasteiger partial charge is 0.328 e. The van der Waals surface area contributed by atoms with Crippen molar-refractivity contribution in [3.05, 3.63) is 0 Å². The summed E-state index contributed by atoms with van der Waals surface area (Å²) in [7, 11) is 0. The number of carbonyl (C=O) groups excluding carboxylic acids is 1. The lowest BCUT2D eigenvalue weighted by Gasteiger charge is -2.25. The zero-order chi connectivity index (χ0) is 13.7. The Balaban J connectivity index is 2.54. The van der Waals surface area contributed by atoms with Gasteiger partial charge < -0.3 is 20.4 Å². The fourth-order valence-electron chi connectivity index (χ4n) is 1.77. The van der Waals surface area contributed by atoms with Crippen LogP contribution in [0.1, 0.15) is 33.1 Å². The lowest BCUT2D eigenvalue weighted by molar-refractivity contribution is -0.141. The van der Waals surface area contributed by atoms with Gasteiger partial charge in [-0.15, -0.1) is 0 Å². The Kier molecular flexibility index (Phi) is 5.40. The van der Waals surface area contributed by atoms with Gasteiger partial charge >= 0.3 is 12.0 Å². The third-order valence-electron chi connectivity index (χ3n) is 2.98. The molecule has 1 aliphatic carbocycles. The average molecular weight is 258 g/mol. The molecule has 0 aromatic carbocycles. The molecule has 0 aromatic rings. The quantitative estimate of drug-likeness (QED) is 0.625. The first-order chi connectivity index (χ1) is 8.45. The van der Waals surface area contributed by atoms with E-state index in [1.54, 1.807) is 4.90 Å². The minimum atomic E-state index is -1.25. The molecule has 0 heterocycles. The number of aliphatic hydroxyl groups excluding tert-OH is 1. The highest BCUT2D eigenvalue weighted by atomic mass is 16.4. The predicted molar refractivity (Wildman–Crippen MR) is 66.2 cm³/mol. The summed E-state index contributed by atoms with van der Waals surface area (Å²) >= 11 is 0. The number of carboxylic acid groups (broad SMARTS) is 1. The van der Waals surface area contributed by atoms with Gasteiger partial charge in [0.1, 0.15) is 0 Å². The topological polar surface area (TPSA) is 89.9 Å². The average Bonchev–Trinajstić information content (AvgIpc) is 3.07. The number of rotatable bonds is 7. The van der Waals surface area contributed by atoms with Crippen LogP contribution >= 0.6 is 0 Å². The summed E-state index contributed by atoms with van der Waals surface area (Å²) in [5.41, 5.74) is 0. The molecular formula is C12H22N2O4. The number of hydrogen-bond donors (Lipinski definition) is 3. The molecule has 1 fully saturated rings. The number of nitrogens with one attached hydrogen (secondary N) is 1. The van der Waals surface area contributed by atoms with Gasteiger partial charge in [-0.05, 0) is 32.1 Å². The SMILES string of the molecule is CCCN(CC1CC1)C(=O)N[C@H](C(=O)O)[C@@H](C)O. The lowest BCUT2D eigenvalue weighted by Crippen LogP contribution is -2.52. The van der Waals surface area contributed by atoms with Crippen LogP contribution in [0.5, 0.6) is 0 Å². The molecule has 0 spiro atoms. The van der Waals surface area contributed by atoms with Gasteiger partial charge in [0, 0.05) is 13.1 Å². The number of hydrogen-bond acceptors (Lipinski definition) is 3. The minimum absolute atomic E-state index is 0.406. The van der Waals surface area contributed by atoms with E-state index in [-0.39, 0.29) is 0 Å². The Morgan fingerprint density at radius 1 is 1.44 bits per heavy atom. The number of amides is 2. The first-order valence-corrected chi connectivity index (χ1v) is 6.42. The molecule has 6 nitrogen and oxygen atoms in total. The van der Waals surface area contributed by atoms with Gasteiger partial charge in [-0.2, -0.15) is 0 Å². The summed E-state index contributed by atoms with van der Waals surface area (Å²) in [6, 6.07) is -1.66. The van der Waals surface area contributed by atoms with E-state index in [1.807, 2.05) is 6.92 Å². The summed E-state index contributed by atoms with van der Waals surface area (Å²) in [6.45, 7) is 4.60. The van der Waals surface area contributed by atoms with Crippen LogP contribution in [0.2, 0.25) is 0 Å². The van der Waals surface area contributed by atoms with Crippen molar-refractivity contribution < 1.29 is 19.8 Å². The highest BCUT2D eigenvalue weighted by Gasteiger charge is 2.30. The molecule has 0 bridgehead atoms. The summed E-state index contributed by atoms with van der Waals surface area (Å²) in [5.74, 6) is -0.668. The fourth-order valence-corrected chi connectivity index (χ4v) is 1.77. The van der Waals surface area contributed by atoms with Crippen LogP contribution < -0.4 is 5.32 Å². The molecule has 18 heavy (non-hydrogen) atoms. The second kappa shape index (κ2) is 6.58. The number of aliphatic hydroxyl groups is 1. The third-order valence-corrected chi connectivity index (χ3v) is 2.98. The molecule has 0 saturated heterocycles. The zero-order valence-electron chi connectivity index (χ0n) is 10.9. The highest BCUT2D eigenvalue weighted by Crippen LogP contribution is 2.29. The van der Waals surface area contributed by atoms with E-state index >= 15 is 0 Å². The van der Waals surface area contributed by atoms with Gasteiger partial charge in [-0.25, -0.2) is 9.59 Å². The maximum absolute atomic E-state index is 12.0. The second-order valence-electron chi connectivity index (χ2n) is 4.90. The van der Waals surface area contributed by atoms with Crippen LogP contribution in [0, 0.1) is 5.92 Å². The van der Waals surface area contributed by atoms with Crippen molar-refractivity contribution in [1.82, 2.24) is 10.2 Å². The highest BCUT2D eigenvalue weighted by molar-refractivity contribution is 5.83. The third kappa shape index (κ3) is 4.52. The summed E-state index contributed by atoms with van der Waals surface area (Å²) in [4.78, 5) is 24.5. The Hall–Kier alpha value is -1.30. The predicted octanol–water partition coefficient (Wildman–Crippen LogP) is 0.652. The first kappa shape index (κ1) is 14.8. The van der Waals surface area contributed by atoms with Gasteiger partial charge in [0.2, 0.25) is 0 Å². The molecule has 6 heteroatoms. The van der Waals surface area contributed by atoms with Crippen LogP contribution in [0.4, 0.5) is 4.79 Å². The van der Waals surface area contributed by atoms with Gasteiger partial charge in [-0.1, -0.05) is 6.92 Å². The van der Waals surface area contributed by atoms with E-state index < -0.39 is 24.1 Å². The van der Waals surface area contributed by atoms with Gasteiger partial charge in [0.05, 0.1) is 6.10 Å². The van der Waals surface area contributed by atoms with Crippen molar-refractivity contribution in [2.75, 3.05) is 13.1 Å². The lowest BCUT2D eigenvalue weighted by atomic mass is 10.2. The molecule has 2 amide bonds. The Bertz CT molecular complexity index is 302. The number of urea groups is 1. The van der Waals surface area contributed by atoms with Crippen LogP contribution in [-0.4, -0.2) is 52.3 Å². The number of nitrogens with zero attached hydrogens (tertiary/aromatic N) is 1. The van der Waals surface area contributed by atoms with Crippen LogP contribution in [0.15, 0.2) is 0 Å². The van der Waals surface area contributed by atoms with E-state index in [0.29, 0.717) is 19.0 Å². The van der Waals surface area contributed by atoms with Crippen LogP contribution in [0.3, 0.4) is 0 Å². The summed E-state index contributed by atoms with van der Waals surface area (Å²) in [6.07, 6.45) is 1.97. The Morgan fingerprint density at radius 2 is 2.06 bits per heavy atom. The van der Waals surface area contributed by atoms with Crippen molar-refractivity contribution in [1.29, 1.82) is 0 Å². The molecule has 0 aromatic heterocycles. The van der Waals surface area contributed by atoms with Gasteiger partial charge in [0.25, 0.3) is 0 Å². The standard InChI is InChI=1S/C12H22N2O4/c1-3-6-14(7-9-4-5-9)12(18)13-10(8(2)15)11(16)17/h8-10,15H,3-7H2,1-2H3,(H,13,18)(H,16,17)/t8-,10+/m1/s1. The van der Waals surface area contributed by atoms with Gasteiger partial charge in [0.15, 0.2) is 6.04 Å². The second-order valence-corrected chi connectivity index (χ2v) is 4.90. The summed E-state index contributed by atoms with van der Waals surface area (Å²) < 4.78 is 0. The molecule has 3 N–H and O–H groups in total. The van der Waals surface area contributed by atoms with Crippen molar-refractivity contribution in [3.8, 4) is 0 Å². The largest absolute Gasteiger partial charge is 0.480 e. The number of carbonyl (C=O) groups is 2. The van der Waals surface area contributed by atoms with Crippen molar-refractivity contribution in [2.45, 2.75) is 45.3 Å². The zero-order valence-corrected chi connectivity index (χ0v) is 10.9. The van der Waals surface area contributed by atoms with Gasteiger partial charge in [-0.3, -0.25) is 0 Å². The fraction of sp³-hybridized carbons (Fsp3) is 0.833. The summed E-state index contributed by atoms with van der Waals surface area (Å²) in [5, 5.41) is 20.6. The Morgan fingerprint density at radius 3 is 2.44 bits per heavy atom. The first-order valence-electron chi connectivity index (χ1n) is 6.42. The maximum Gasteiger partial charge on any atom is 0.328 e. The maximum atomic E-state index is 12.0. The van der Waals surface area contributed by atoms with E-state index in [1.165, 1.54) is 6.92 Å². The molecule has 0 unspecified atom stereocenters. The molecule has 1 aliphatic rings. The van der Waals surface area contributed by atoms with Crippen molar-refractivity contribution in [3.63, 3.8) is 0 Å². The van der Waals surface area contributed by atoms with Crippen LogP contribution in [0.25, 0.3) is 0 Å².